The molecule has 0 N–H and O–H groups in total. The summed E-state index contributed by atoms with van der Waals surface area (Å²) in [5.41, 5.74) is 11.2. The van der Waals surface area contributed by atoms with Crippen LogP contribution in [0.5, 0.6) is 0 Å². The second kappa shape index (κ2) is 11.4. The van der Waals surface area contributed by atoms with Gasteiger partial charge in [-0.1, -0.05) is 140 Å². The van der Waals surface area contributed by atoms with Crippen LogP contribution in [0.15, 0.2) is 174 Å². The van der Waals surface area contributed by atoms with Gasteiger partial charge in [-0.25, -0.2) is 15.0 Å². The van der Waals surface area contributed by atoms with E-state index in [1.54, 1.807) is 0 Å². The van der Waals surface area contributed by atoms with E-state index in [9.17, 15) is 0 Å². The molecule has 234 valence electrons. The fraction of sp³-hybridized carbons (Fsp3) is 0. The molecule has 10 aromatic rings. The third-order valence-electron chi connectivity index (χ3n) is 9.42. The summed E-state index contributed by atoms with van der Waals surface area (Å²) >= 11 is 0. The number of hydrogen-bond acceptors (Lipinski definition) is 4. The first-order chi connectivity index (χ1) is 24.8. The molecule has 5 nitrogen and oxygen atoms in total. The monoisotopic (exact) mass is 640 g/mol. The minimum absolute atomic E-state index is 0.691. The Hall–Kier alpha value is -6.85. The van der Waals surface area contributed by atoms with Crippen LogP contribution < -0.4 is 0 Å². The zero-order valence-corrected chi connectivity index (χ0v) is 26.9. The van der Waals surface area contributed by atoms with Gasteiger partial charge in [0.1, 0.15) is 16.9 Å². The van der Waals surface area contributed by atoms with E-state index in [1.807, 2.05) is 66.7 Å². The topological polar surface area (TPSA) is 56.7 Å². The normalized spacial score (nSPS) is 11.6. The second-order valence-corrected chi connectivity index (χ2v) is 12.4. The number of furan rings is 1. The van der Waals surface area contributed by atoms with Crippen molar-refractivity contribution >= 4 is 43.9 Å². The van der Waals surface area contributed by atoms with E-state index in [1.165, 1.54) is 0 Å². The Kier molecular flexibility index (Phi) is 6.42. The van der Waals surface area contributed by atoms with E-state index >= 15 is 0 Å². The van der Waals surface area contributed by atoms with E-state index in [-0.39, 0.29) is 0 Å². The molecule has 6 aromatic carbocycles. The largest absolute Gasteiger partial charge is 0.454 e. The van der Waals surface area contributed by atoms with Gasteiger partial charge in [0.15, 0.2) is 11.4 Å². The average molecular weight is 641 g/mol. The lowest BCUT2D eigenvalue weighted by molar-refractivity contribution is 0.668. The first kappa shape index (κ1) is 28.2. The molecule has 0 radical (unpaired) electrons. The molecule has 0 saturated carbocycles. The number of fused-ring (bicyclic) bond motifs is 7. The van der Waals surface area contributed by atoms with Crippen LogP contribution in [-0.2, 0) is 0 Å². The molecule has 0 spiro atoms. The second-order valence-electron chi connectivity index (χ2n) is 12.4. The van der Waals surface area contributed by atoms with Crippen LogP contribution in [0.2, 0.25) is 0 Å². The molecule has 0 atom stereocenters. The molecule has 4 heterocycles. The molecule has 0 fully saturated rings. The van der Waals surface area contributed by atoms with Crippen molar-refractivity contribution in [3.05, 3.63) is 170 Å². The Morgan fingerprint density at radius 1 is 0.440 bits per heavy atom. The van der Waals surface area contributed by atoms with Crippen molar-refractivity contribution in [2.24, 2.45) is 0 Å². The lowest BCUT2D eigenvalue weighted by atomic mass is 10.0. The fourth-order valence-corrected chi connectivity index (χ4v) is 7.10. The molecular formula is C45H28N4O. The van der Waals surface area contributed by atoms with Gasteiger partial charge in [-0.05, 0) is 30.3 Å². The van der Waals surface area contributed by atoms with E-state index < -0.39 is 0 Å². The van der Waals surface area contributed by atoms with Gasteiger partial charge in [0.05, 0.1) is 16.9 Å². The Morgan fingerprint density at radius 2 is 1.00 bits per heavy atom. The first-order valence-corrected chi connectivity index (χ1v) is 16.7. The summed E-state index contributed by atoms with van der Waals surface area (Å²) in [7, 11) is 0. The summed E-state index contributed by atoms with van der Waals surface area (Å²) in [5, 5.41) is 4.38. The van der Waals surface area contributed by atoms with Crippen LogP contribution in [-0.4, -0.2) is 19.5 Å². The number of pyridine rings is 1. The van der Waals surface area contributed by atoms with Crippen molar-refractivity contribution in [1.29, 1.82) is 0 Å². The van der Waals surface area contributed by atoms with Crippen molar-refractivity contribution in [2.75, 3.05) is 0 Å². The third-order valence-corrected chi connectivity index (χ3v) is 9.42. The molecule has 10 rings (SSSR count). The number of rotatable bonds is 5. The van der Waals surface area contributed by atoms with E-state index in [4.69, 9.17) is 19.4 Å². The van der Waals surface area contributed by atoms with Gasteiger partial charge < -0.3 is 4.42 Å². The molecule has 0 unspecified atom stereocenters. The molecule has 4 aromatic heterocycles. The molecule has 0 saturated heterocycles. The number of hydrogen-bond donors (Lipinski definition) is 0. The van der Waals surface area contributed by atoms with Crippen molar-refractivity contribution in [1.82, 2.24) is 19.5 Å². The van der Waals surface area contributed by atoms with Gasteiger partial charge in [0, 0.05) is 49.5 Å². The van der Waals surface area contributed by atoms with Gasteiger partial charge >= 0.3 is 0 Å². The molecule has 0 aliphatic heterocycles. The smallest absolute Gasteiger partial charge is 0.162 e. The maximum absolute atomic E-state index is 6.66. The molecule has 0 amide bonds. The van der Waals surface area contributed by atoms with Crippen molar-refractivity contribution < 1.29 is 4.42 Å². The van der Waals surface area contributed by atoms with Gasteiger partial charge in [0.2, 0.25) is 0 Å². The highest BCUT2D eigenvalue weighted by molar-refractivity contribution is 6.28. The van der Waals surface area contributed by atoms with E-state index in [2.05, 4.69) is 108 Å². The van der Waals surface area contributed by atoms with E-state index in [0.29, 0.717) is 5.82 Å². The van der Waals surface area contributed by atoms with Gasteiger partial charge in [-0.15, -0.1) is 0 Å². The molecule has 5 heteroatoms. The number of benzene rings is 6. The standard InChI is InChI=1S/C45H28N4O/c1-4-14-29(15-5-1)36-28-37(47-44(46-36)32-16-6-2-7-17-32)30-24-26-31(27-25-30)42-43-40(35-21-11-13-23-39(35)50-43)41-34-20-10-12-22-38(34)49(45(41)48-42)33-18-8-3-9-19-33/h1-28H. The highest BCUT2D eigenvalue weighted by Gasteiger charge is 2.23. The number of aromatic nitrogens is 4. The van der Waals surface area contributed by atoms with Crippen LogP contribution in [0.1, 0.15) is 0 Å². The molecular weight excluding hydrogens is 613 g/mol. The van der Waals surface area contributed by atoms with Crippen molar-refractivity contribution in [3.63, 3.8) is 0 Å². The van der Waals surface area contributed by atoms with E-state index in [0.717, 1.165) is 88.9 Å². The lowest BCUT2D eigenvalue weighted by Gasteiger charge is -2.11. The highest BCUT2D eigenvalue weighted by Crippen LogP contribution is 2.44. The average Bonchev–Trinajstić information content (AvgIpc) is 3.74. The SMILES string of the molecule is c1ccc(-c2cc(-c3ccc(-c4nc5c(c6ccccc6n5-c5ccccc5)c5c4oc4ccccc45)cc3)nc(-c3ccccc3)n2)cc1. The maximum atomic E-state index is 6.66. The number of nitrogens with zero attached hydrogens (tertiary/aromatic N) is 4. The molecule has 0 aliphatic carbocycles. The summed E-state index contributed by atoms with van der Waals surface area (Å²) < 4.78 is 8.93. The Balaban J connectivity index is 1.19. The zero-order valence-electron chi connectivity index (χ0n) is 26.9. The van der Waals surface area contributed by atoms with Crippen LogP contribution in [0.4, 0.5) is 0 Å². The van der Waals surface area contributed by atoms with Crippen LogP contribution in [0, 0.1) is 0 Å². The first-order valence-electron chi connectivity index (χ1n) is 16.7. The molecule has 0 bridgehead atoms. The molecule has 0 aliphatic rings. The predicted molar refractivity (Wildman–Crippen MR) is 203 cm³/mol. The van der Waals surface area contributed by atoms with Crippen LogP contribution in [0.3, 0.4) is 0 Å². The Bertz CT molecular complexity index is 2780. The number of para-hydroxylation sites is 3. The summed E-state index contributed by atoms with van der Waals surface area (Å²) in [5.74, 6) is 0.691. The summed E-state index contributed by atoms with van der Waals surface area (Å²) in [6.45, 7) is 0. The third kappa shape index (κ3) is 4.52. The lowest BCUT2D eigenvalue weighted by Crippen LogP contribution is -1.97. The van der Waals surface area contributed by atoms with Gasteiger partial charge in [0.25, 0.3) is 0 Å². The van der Waals surface area contributed by atoms with Gasteiger partial charge in [-0.3, -0.25) is 4.57 Å². The van der Waals surface area contributed by atoms with Crippen molar-refractivity contribution in [3.8, 4) is 50.8 Å². The summed E-state index contributed by atoms with van der Waals surface area (Å²) in [6, 6.07) is 58.2. The van der Waals surface area contributed by atoms with Crippen LogP contribution >= 0.6 is 0 Å². The highest BCUT2D eigenvalue weighted by atomic mass is 16.3. The maximum Gasteiger partial charge on any atom is 0.162 e. The minimum Gasteiger partial charge on any atom is -0.454 e. The van der Waals surface area contributed by atoms with Gasteiger partial charge in [-0.2, -0.15) is 0 Å². The summed E-state index contributed by atoms with van der Waals surface area (Å²) in [4.78, 5) is 15.4. The Morgan fingerprint density at radius 3 is 1.72 bits per heavy atom. The Labute approximate surface area is 287 Å². The van der Waals surface area contributed by atoms with Crippen LogP contribution in [0.25, 0.3) is 94.7 Å². The predicted octanol–water partition coefficient (Wildman–Crippen LogP) is 11.5. The summed E-state index contributed by atoms with van der Waals surface area (Å²) in [6.07, 6.45) is 0. The zero-order chi connectivity index (χ0) is 33.0. The molecule has 50 heavy (non-hydrogen) atoms. The quantitative estimate of drug-likeness (QED) is 0.188. The van der Waals surface area contributed by atoms with Crippen molar-refractivity contribution in [2.45, 2.75) is 0 Å². The minimum atomic E-state index is 0.691. The fourth-order valence-electron chi connectivity index (χ4n) is 7.10.